The van der Waals surface area contributed by atoms with Crippen molar-refractivity contribution >= 4 is 22.4 Å². The Hall–Kier alpha value is -1.91. The zero-order valence-electron chi connectivity index (χ0n) is 12.0. The Labute approximate surface area is 128 Å². The largest absolute Gasteiger partial charge is 0.307 e. The summed E-state index contributed by atoms with van der Waals surface area (Å²) in [5.74, 6) is 0. The number of pyridine rings is 1. The molecule has 0 saturated carbocycles. The zero-order valence-corrected chi connectivity index (χ0v) is 12.8. The maximum Gasteiger partial charge on any atom is 0.0941 e. The molecule has 2 aromatic heterocycles. The Balaban J connectivity index is 2.21. The maximum absolute atomic E-state index is 6.35. The maximum atomic E-state index is 6.35. The molecule has 1 aromatic carbocycles. The fourth-order valence-corrected chi connectivity index (χ4v) is 2.94. The van der Waals surface area contributed by atoms with Crippen molar-refractivity contribution in [2.24, 2.45) is 0 Å². The molecule has 0 radical (unpaired) electrons. The van der Waals surface area contributed by atoms with Crippen molar-refractivity contribution < 1.29 is 0 Å². The second kappa shape index (κ2) is 5.84. The summed E-state index contributed by atoms with van der Waals surface area (Å²) in [6.45, 7) is 2.82. The van der Waals surface area contributed by atoms with Crippen LogP contribution in [-0.4, -0.2) is 21.8 Å². The molecule has 3 rings (SSSR count). The first-order valence-electron chi connectivity index (χ1n) is 6.98. The average molecular weight is 301 g/mol. The molecule has 1 unspecified atom stereocenters. The van der Waals surface area contributed by atoms with Crippen molar-refractivity contribution in [2.45, 2.75) is 19.5 Å². The number of aryl methyl sites for hydroxylation is 1. The molecule has 0 fully saturated rings. The summed E-state index contributed by atoms with van der Waals surface area (Å²) in [6.07, 6.45) is 3.53. The Kier molecular flexibility index (Phi) is 3.90. The molecule has 0 aliphatic heterocycles. The number of benzene rings is 1. The highest BCUT2D eigenvalue weighted by molar-refractivity contribution is 6.31. The van der Waals surface area contributed by atoms with Crippen molar-refractivity contribution in [3.05, 3.63) is 59.1 Å². The van der Waals surface area contributed by atoms with Gasteiger partial charge in [-0.3, -0.25) is 9.67 Å². The van der Waals surface area contributed by atoms with Crippen LogP contribution in [0.1, 0.15) is 24.4 Å². The molecule has 5 heteroatoms. The van der Waals surface area contributed by atoms with Crippen LogP contribution in [0.25, 0.3) is 10.8 Å². The van der Waals surface area contributed by atoms with Gasteiger partial charge in [0.15, 0.2) is 0 Å². The zero-order chi connectivity index (χ0) is 14.8. The number of nitrogens with one attached hydrogen (secondary N) is 1. The third-order valence-electron chi connectivity index (χ3n) is 3.67. The van der Waals surface area contributed by atoms with E-state index in [0.29, 0.717) is 5.02 Å². The Morgan fingerprint density at radius 1 is 1.29 bits per heavy atom. The van der Waals surface area contributed by atoms with E-state index in [1.165, 1.54) is 5.39 Å². The van der Waals surface area contributed by atoms with Gasteiger partial charge in [0, 0.05) is 18.1 Å². The van der Waals surface area contributed by atoms with Crippen LogP contribution in [0.5, 0.6) is 0 Å². The van der Waals surface area contributed by atoms with Crippen LogP contribution < -0.4 is 5.32 Å². The van der Waals surface area contributed by atoms with Gasteiger partial charge in [-0.1, -0.05) is 35.9 Å². The van der Waals surface area contributed by atoms with E-state index >= 15 is 0 Å². The van der Waals surface area contributed by atoms with Crippen molar-refractivity contribution in [3.63, 3.8) is 0 Å². The molecule has 2 heterocycles. The fourth-order valence-electron chi connectivity index (χ4n) is 2.69. The van der Waals surface area contributed by atoms with Gasteiger partial charge >= 0.3 is 0 Å². The minimum atomic E-state index is -0.0916. The third-order valence-corrected chi connectivity index (χ3v) is 3.96. The van der Waals surface area contributed by atoms with E-state index in [4.69, 9.17) is 11.6 Å². The first-order chi connectivity index (χ1) is 10.3. The Bertz CT molecular complexity index is 761. The number of hydrogen-bond acceptors (Lipinski definition) is 3. The molecule has 21 heavy (non-hydrogen) atoms. The SMILES string of the molecule is CCn1ncc(Cl)c1C(NC)c1nccc2ccccc12. The van der Waals surface area contributed by atoms with Crippen LogP contribution in [0.4, 0.5) is 0 Å². The molecule has 0 saturated heterocycles. The minimum absolute atomic E-state index is 0.0916. The smallest absolute Gasteiger partial charge is 0.0941 e. The lowest BCUT2D eigenvalue weighted by atomic mass is 10.0. The summed E-state index contributed by atoms with van der Waals surface area (Å²) in [5, 5.41) is 10.6. The van der Waals surface area contributed by atoms with Gasteiger partial charge in [-0.25, -0.2) is 0 Å². The topological polar surface area (TPSA) is 42.7 Å². The fraction of sp³-hybridized carbons (Fsp3) is 0.250. The van der Waals surface area contributed by atoms with E-state index in [-0.39, 0.29) is 6.04 Å². The van der Waals surface area contributed by atoms with Crippen molar-refractivity contribution in [2.75, 3.05) is 7.05 Å². The number of hydrogen-bond donors (Lipinski definition) is 1. The van der Waals surface area contributed by atoms with Crippen LogP contribution in [0, 0.1) is 0 Å². The molecular formula is C16H17ClN4. The lowest BCUT2D eigenvalue weighted by Gasteiger charge is -2.19. The summed E-state index contributed by atoms with van der Waals surface area (Å²) in [5.41, 5.74) is 1.92. The molecule has 108 valence electrons. The van der Waals surface area contributed by atoms with E-state index in [0.717, 1.165) is 23.3 Å². The summed E-state index contributed by atoms with van der Waals surface area (Å²) < 4.78 is 1.91. The highest BCUT2D eigenvalue weighted by Crippen LogP contribution is 2.30. The minimum Gasteiger partial charge on any atom is -0.307 e. The first kappa shape index (κ1) is 14.0. The Morgan fingerprint density at radius 2 is 2.10 bits per heavy atom. The van der Waals surface area contributed by atoms with Gasteiger partial charge in [0.25, 0.3) is 0 Å². The van der Waals surface area contributed by atoms with Crippen LogP contribution in [0.3, 0.4) is 0 Å². The predicted octanol–water partition coefficient (Wildman–Crippen LogP) is 3.41. The number of nitrogens with zero attached hydrogens (tertiary/aromatic N) is 3. The van der Waals surface area contributed by atoms with E-state index < -0.39 is 0 Å². The van der Waals surface area contributed by atoms with Gasteiger partial charge in [0.1, 0.15) is 0 Å². The number of aromatic nitrogens is 3. The van der Waals surface area contributed by atoms with E-state index in [1.54, 1.807) is 6.20 Å². The quantitative estimate of drug-likeness (QED) is 0.803. The normalized spacial score (nSPS) is 12.7. The van der Waals surface area contributed by atoms with Crippen LogP contribution in [0.2, 0.25) is 5.02 Å². The highest BCUT2D eigenvalue weighted by Gasteiger charge is 2.23. The van der Waals surface area contributed by atoms with Crippen molar-refractivity contribution in [1.82, 2.24) is 20.1 Å². The van der Waals surface area contributed by atoms with E-state index in [9.17, 15) is 0 Å². The summed E-state index contributed by atoms with van der Waals surface area (Å²) in [4.78, 5) is 4.59. The van der Waals surface area contributed by atoms with Gasteiger partial charge in [-0.2, -0.15) is 5.10 Å². The summed E-state index contributed by atoms with van der Waals surface area (Å²) in [6, 6.07) is 10.2. The summed E-state index contributed by atoms with van der Waals surface area (Å²) >= 11 is 6.35. The van der Waals surface area contributed by atoms with Gasteiger partial charge in [0.2, 0.25) is 0 Å². The van der Waals surface area contributed by atoms with E-state index in [1.807, 2.05) is 36.1 Å². The summed E-state index contributed by atoms with van der Waals surface area (Å²) in [7, 11) is 1.91. The average Bonchev–Trinajstić information content (AvgIpc) is 2.90. The second-order valence-electron chi connectivity index (χ2n) is 4.83. The van der Waals surface area contributed by atoms with Crippen molar-refractivity contribution in [1.29, 1.82) is 0 Å². The van der Waals surface area contributed by atoms with Crippen LogP contribution >= 0.6 is 11.6 Å². The number of rotatable bonds is 4. The standard InChI is InChI=1S/C16H17ClN4/c1-3-21-16(13(17)10-20-21)15(18-2)14-12-7-5-4-6-11(12)8-9-19-14/h4-10,15,18H,3H2,1-2H3. The lowest BCUT2D eigenvalue weighted by Crippen LogP contribution is -2.23. The lowest BCUT2D eigenvalue weighted by molar-refractivity contribution is 0.558. The number of halogens is 1. The molecule has 3 aromatic rings. The first-order valence-corrected chi connectivity index (χ1v) is 7.36. The molecular weight excluding hydrogens is 284 g/mol. The predicted molar refractivity (Wildman–Crippen MR) is 85.6 cm³/mol. The van der Waals surface area contributed by atoms with Gasteiger partial charge in [0.05, 0.1) is 28.6 Å². The van der Waals surface area contributed by atoms with Gasteiger partial charge in [-0.05, 0) is 25.4 Å². The van der Waals surface area contributed by atoms with Crippen molar-refractivity contribution in [3.8, 4) is 0 Å². The molecule has 1 N–H and O–H groups in total. The van der Waals surface area contributed by atoms with Crippen LogP contribution in [0.15, 0.2) is 42.7 Å². The van der Waals surface area contributed by atoms with Crippen LogP contribution in [-0.2, 0) is 6.54 Å². The molecule has 0 amide bonds. The van der Waals surface area contributed by atoms with Gasteiger partial charge < -0.3 is 5.32 Å². The van der Waals surface area contributed by atoms with E-state index in [2.05, 4.69) is 34.5 Å². The number of fused-ring (bicyclic) bond motifs is 1. The molecule has 0 aliphatic rings. The monoisotopic (exact) mass is 300 g/mol. The molecule has 4 nitrogen and oxygen atoms in total. The highest BCUT2D eigenvalue weighted by atomic mass is 35.5. The second-order valence-corrected chi connectivity index (χ2v) is 5.24. The molecule has 0 spiro atoms. The Morgan fingerprint density at radius 3 is 2.86 bits per heavy atom. The molecule has 0 aliphatic carbocycles. The third kappa shape index (κ3) is 2.41. The molecule has 1 atom stereocenters. The van der Waals surface area contributed by atoms with Gasteiger partial charge in [-0.15, -0.1) is 0 Å². The molecule has 0 bridgehead atoms.